The maximum absolute atomic E-state index is 11.9. The number of hydrogen-bond donors (Lipinski definition) is 3. The lowest BCUT2D eigenvalue weighted by molar-refractivity contribution is -0.139. The molecule has 0 radical (unpaired) electrons. The number of aryl methyl sites for hydroxylation is 1. The number of amides is 1. The topological polar surface area (TPSA) is 86.6 Å². The third-order valence-electron chi connectivity index (χ3n) is 2.85. The highest BCUT2D eigenvalue weighted by atomic mass is 16.4. The summed E-state index contributed by atoms with van der Waals surface area (Å²) < 4.78 is 0. The van der Waals surface area contributed by atoms with Gasteiger partial charge in [-0.15, -0.1) is 0 Å². The lowest BCUT2D eigenvalue weighted by atomic mass is 10.1. The number of rotatable bonds is 6. The third kappa shape index (κ3) is 4.28. The molecule has 0 aromatic heterocycles. The van der Waals surface area contributed by atoms with Crippen LogP contribution in [0.4, 0.5) is 0 Å². The van der Waals surface area contributed by atoms with Crippen molar-refractivity contribution in [1.82, 2.24) is 5.32 Å². The van der Waals surface area contributed by atoms with Gasteiger partial charge >= 0.3 is 5.97 Å². The van der Waals surface area contributed by atoms with E-state index in [2.05, 4.69) is 5.32 Å². The first-order valence-corrected chi connectivity index (χ1v) is 6.29. The van der Waals surface area contributed by atoms with E-state index >= 15 is 0 Å². The molecule has 1 amide bonds. The quantitative estimate of drug-likeness (QED) is 0.735. The molecule has 0 aliphatic carbocycles. The average molecular weight is 265 g/mol. The summed E-state index contributed by atoms with van der Waals surface area (Å²) >= 11 is 0. The highest BCUT2D eigenvalue weighted by Crippen LogP contribution is 2.18. The summed E-state index contributed by atoms with van der Waals surface area (Å²) in [4.78, 5) is 23.0. The smallest absolute Gasteiger partial charge is 0.326 e. The molecule has 0 bridgehead atoms. The fourth-order valence-electron chi connectivity index (χ4n) is 1.74. The summed E-state index contributed by atoms with van der Waals surface area (Å²) in [5.41, 5.74) is 0.920. The molecule has 1 rings (SSSR count). The van der Waals surface area contributed by atoms with Gasteiger partial charge in [0.2, 0.25) is 0 Å². The minimum Gasteiger partial charge on any atom is -0.507 e. The molecule has 1 atom stereocenters. The monoisotopic (exact) mass is 265 g/mol. The zero-order chi connectivity index (χ0) is 14.4. The standard InChI is InChI=1S/C14H19NO4/c1-3-4-5-11(14(18)19)15-13(17)10-7-6-9(2)8-12(10)16/h6-8,11,16H,3-5H2,1-2H3,(H,15,17)(H,18,19)/t11-/m0/s1. The molecular formula is C14H19NO4. The molecular weight excluding hydrogens is 246 g/mol. The molecule has 0 heterocycles. The summed E-state index contributed by atoms with van der Waals surface area (Å²) in [5, 5.41) is 21.1. The summed E-state index contributed by atoms with van der Waals surface area (Å²) in [6, 6.07) is 3.72. The Morgan fingerprint density at radius 3 is 2.58 bits per heavy atom. The lowest BCUT2D eigenvalue weighted by Crippen LogP contribution is -2.40. The molecule has 1 aromatic rings. The average Bonchev–Trinajstić information content (AvgIpc) is 2.33. The van der Waals surface area contributed by atoms with Gasteiger partial charge in [-0.2, -0.15) is 0 Å². The van der Waals surface area contributed by atoms with Crippen molar-refractivity contribution in [3.8, 4) is 5.75 Å². The molecule has 0 aliphatic heterocycles. The van der Waals surface area contributed by atoms with Crippen molar-refractivity contribution < 1.29 is 19.8 Å². The summed E-state index contributed by atoms with van der Waals surface area (Å²) in [5.74, 6) is -1.77. The highest BCUT2D eigenvalue weighted by Gasteiger charge is 2.21. The van der Waals surface area contributed by atoms with Gasteiger partial charge in [0.05, 0.1) is 5.56 Å². The normalized spacial score (nSPS) is 11.9. The van der Waals surface area contributed by atoms with Crippen LogP contribution in [0.2, 0.25) is 0 Å². The Morgan fingerprint density at radius 2 is 2.05 bits per heavy atom. The van der Waals surface area contributed by atoms with Crippen LogP contribution in [0.1, 0.15) is 42.1 Å². The molecule has 5 nitrogen and oxygen atoms in total. The van der Waals surface area contributed by atoms with E-state index < -0.39 is 17.9 Å². The van der Waals surface area contributed by atoms with E-state index in [1.807, 2.05) is 6.92 Å². The maximum atomic E-state index is 11.9. The van der Waals surface area contributed by atoms with Crippen LogP contribution in [0.3, 0.4) is 0 Å². The van der Waals surface area contributed by atoms with Crippen molar-refractivity contribution in [2.75, 3.05) is 0 Å². The Kier molecular flexibility index (Phi) is 5.36. The molecule has 0 aliphatic rings. The maximum Gasteiger partial charge on any atom is 0.326 e. The minimum atomic E-state index is -1.06. The van der Waals surface area contributed by atoms with Crippen LogP contribution in [-0.2, 0) is 4.79 Å². The first kappa shape index (κ1) is 15.0. The lowest BCUT2D eigenvalue weighted by Gasteiger charge is -2.14. The molecule has 1 aromatic carbocycles. The molecule has 3 N–H and O–H groups in total. The van der Waals surface area contributed by atoms with Crippen molar-refractivity contribution in [3.05, 3.63) is 29.3 Å². The Morgan fingerprint density at radius 1 is 1.37 bits per heavy atom. The number of nitrogens with one attached hydrogen (secondary N) is 1. The van der Waals surface area contributed by atoms with E-state index in [0.717, 1.165) is 18.4 Å². The molecule has 0 spiro atoms. The van der Waals surface area contributed by atoms with Gasteiger partial charge in [-0.3, -0.25) is 4.79 Å². The molecule has 0 fully saturated rings. The molecule has 0 saturated heterocycles. The zero-order valence-corrected chi connectivity index (χ0v) is 11.1. The number of phenols is 1. The van der Waals surface area contributed by atoms with Gasteiger partial charge < -0.3 is 15.5 Å². The second kappa shape index (κ2) is 6.78. The van der Waals surface area contributed by atoms with E-state index in [1.54, 1.807) is 13.0 Å². The van der Waals surface area contributed by atoms with Gasteiger partial charge in [0.1, 0.15) is 11.8 Å². The fraction of sp³-hybridized carbons (Fsp3) is 0.429. The van der Waals surface area contributed by atoms with Crippen molar-refractivity contribution in [2.24, 2.45) is 0 Å². The van der Waals surface area contributed by atoms with E-state index in [4.69, 9.17) is 5.11 Å². The number of aromatic hydroxyl groups is 1. The fourth-order valence-corrected chi connectivity index (χ4v) is 1.74. The van der Waals surface area contributed by atoms with Gasteiger partial charge in [-0.25, -0.2) is 4.79 Å². The number of carboxylic acids is 1. The van der Waals surface area contributed by atoms with E-state index in [1.165, 1.54) is 12.1 Å². The van der Waals surface area contributed by atoms with Crippen LogP contribution < -0.4 is 5.32 Å². The Balaban J connectivity index is 2.78. The number of hydrogen-bond acceptors (Lipinski definition) is 3. The molecule has 104 valence electrons. The minimum absolute atomic E-state index is 0.0911. The van der Waals surface area contributed by atoms with Gasteiger partial charge in [-0.05, 0) is 31.0 Å². The first-order chi connectivity index (χ1) is 8.95. The molecule has 0 saturated carbocycles. The summed E-state index contributed by atoms with van der Waals surface area (Å²) in [6.45, 7) is 3.75. The predicted octanol–water partition coefficient (Wildman–Crippen LogP) is 2.07. The van der Waals surface area contributed by atoms with Gasteiger partial charge in [0.15, 0.2) is 0 Å². The van der Waals surface area contributed by atoms with Crippen molar-refractivity contribution in [2.45, 2.75) is 39.2 Å². The largest absolute Gasteiger partial charge is 0.507 e. The second-order valence-electron chi connectivity index (χ2n) is 4.53. The number of unbranched alkanes of at least 4 members (excludes halogenated alkanes) is 1. The Labute approximate surface area is 112 Å². The van der Waals surface area contributed by atoms with Crippen LogP contribution in [0, 0.1) is 6.92 Å². The number of phenolic OH excluding ortho intramolecular Hbond substituents is 1. The van der Waals surface area contributed by atoms with Crippen LogP contribution in [-0.4, -0.2) is 28.1 Å². The van der Waals surface area contributed by atoms with Crippen molar-refractivity contribution in [3.63, 3.8) is 0 Å². The van der Waals surface area contributed by atoms with Crippen molar-refractivity contribution in [1.29, 1.82) is 0 Å². The number of carbonyl (C=O) groups is 2. The van der Waals surface area contributed by atoms with E-state index in [-0.39, 0.29) is 11.3 Å². The zero-order valence-electron chi connectivity index (χ0n) is 11.1. The SMILES string of the molecule is CCCC[C@H](NC(=O)c1ccc(C)cc1O)C(=O)O. The summed E-state index contributed by atoms with van der Waals surface area (Å²) in [7, 11) is 0. The van der Waals surface area contributed by atoms with Gasteiger partial charge in [0.25, 0.3) is 5.91 Å². The predicted molar refractivity (Wildman–Crippen MR) is 71.3 cm³/mol. The number of benzene rings is 1. The third-order valence-corrected chi connectivity index (χ3v) is 2.85. The van der Waals surface area contributed by atoms with E-state index in [0.29, 0.717) is 6.42 Å². The molecule has 0 unspecified atom stereocenters. The Bertz CT molecular complexity index is 471. The number of carbonyl (C=O) groups excluding carboxylic acids is 1. The van der Waals surface area contributed by atoms with Gasteiger partial charge in [0, 0.05) is 0 Å². The molecule has 19 heavy (non-hydrogen) atoms. The Hall–Kier alpha value is -2.04. The molecule has 5 heteroatoms. The van der Waals surface area contributed by atoms with E-state index in [9.17, 15) is 14.7 Å². The van der Waals surface area contributed by atoms with Gasteiger partial charge in [-0.1, -0.05) is 25.8 Å². The summed E-state index contributed by atoms with van der Waals surface area (Å²) in [6.07, 6.45) is 1.96. The van der Waals surface area contributed by atoms with Crippen molar-refractivity contribution >= 4 is 11.9 Å². The van der Waals surface area contributed by atoms with Crippen LogP contribution >= 0.6 is 0 Å². The highest BCUT2D eigenvalue weighted by molar-refractivity contribution is 5.98. The van der Waals surface area contributed by atoms with Crippen LogP contribution in [0.5, 0.6) is 5.75 Å². The number of aliphatic carboxylic acids is 1. The van der Waals surface area contributed by atoms with Crippen LogP contribution in [0.15, 0.2) is 18.2 Å². The first-order valence-electron chi connectivity index (χ1n) is 6.29. The van der Waals surface area contributed by atoms with Crippen LogP contribution in [0.25, 0.3) is 0 Å². The second-order valence-corrected chi connectivity index (χ2v) is 4.53. The number of carboxylic acid groups (broad SMARTS) is 1.